The van der Waals surface area contributed by atoms with Gasteiger partial charge in [-0.15, -0.1) is 0 Å². The van der Waals surface area contributed by atoms with Gasteiger partial charge in [0.15, 0.2) is 5.78 Å². The molecule has 0 aromatic heterocycles. The minimum absolute atomic E-state index is 0.0676. The lowest BCUT2D eigenvalue weighted by atomic mass is 10.2. The Bertz CT molecular complexity index is 250. The van der Waals surface area contributed by atoms with Crippen molar-refractivity contribution in [2.75, 3.05) is 6.61 Å². The summed E-state index contributed by atoms with van der Waals surface area (Å²) in [6, 6.07) is 0. The Kier molecular flexibility index (Phi) is 2.63. The average Bonchev–Trinajstić information content (AvgIpc) is 2.34. The van der Waals surface area contributed by atoms with Crippen LogP contribution in [0.4, 0.5) is 0 Å². The second kappa shape index (κ2) is 3.52. The molecule has 1 aliphatic rings. The first kappa shape index (κ1) is 8.97. The maximum Gasteiger partial charge on any atom is 0.334 e. The Morgan fingerprint density at radius 3 is 2.58 bits per heavy atom. The van der Waals surface area contributed by atoms with Gasteiger partial charge in [0, 0.05) is 17.6 Å². The van der Waals surface area contributed by atoms with E-state index < -0.39 is 0 Å². The highest BCUT2D eigenvalue weighted by molar-refractivity contribution is 6.07. The number of hydrogen-bond donors (Lipinski definition) is 0. The van der Waals surface area contributed by atoms with Crippen molar-refractivity contribution < 1.29 is 14.3 Å². The van der Waals surface area contributed by atoms with Crippen molar-refractivity contribution >= 4 is 11.8 Å². The first-order valence-corrected chi connectivity index (χ1v) is 4.07. The molecule has 0 heterocycles. The fraction of sp³-hybridized carbons (Fsp3) is 0.556. The molecule has 0 spiro atoms. The number of hydrogen-bond acceptors (Lipinski definition) is 3. The molecule has 12 heavy (non-hydrogen) atoms. The SMILES string of the molecule is CCOC(=O)C1=C(C)C(=O)CC1. The van der Waals surface area contributed by atoms with Crippen LogP contribution in [0.15, 0.2) is 11.1 Å². The number of Topliss-reactive ketones (excluding diaryl/α,β-unsaturated/α-hetero) is 1. The highest BCUT2D eigenvalue weighted by atomic mass is 16.5. The minimum Gasteiger partial charge on any atom is -0.463 e. The molecule has 66 valence electrons. The van der Waals surface area contributed by atoms with Crippen LogP contribution >= 0.6 is 0 Å². The van der Waals surface area contributed by atoms with E-state index >= 15 is 0 Å². The summed E-state index contributed by atoms with van der Waals surface area (Å²) in [4.78, 5) is 22.2. The fourth-order valence-corrected chi connectivity index (χ4v) is 1.26. The van der Waals surface area contributed by atoms with Crippen molar-refractivity contribution in [2.45, 2.75) is 26.7 Å². The van der Waals surface area contributed by atoms with Gasteiger partial charge in [0.25, 0.3) is 0 Å². The van der Waals surface area contributed by atoms with Gasteiger partial charge in [-0.2, -0.15) is 0 Å². The summed E-state index contributed by atoms with van der Waals surface area (Å²) in [5, 5.41) is 0. The first-order valence-electron chi connectivity index (χ1n) is 4.07. The summed E-state index contributed by atoms with van der Waals surface area (Å²) >= 11 is 0. The highest BCUT2D eigenvalue weighted by Gasteiger charge is 2.24. The smallest absolute Gasteiger partial charge is 0.334 e. The molecule has 0 bridgehead atoms. The summed E-state index contributed by atoms with van der Waals surface area (Å²) in [6.45, 7) is 3.80. The number of carbonyl (C=O) groups is 2. The first-order chi connectivity index (χ1) is 5.66. The van der Waals surface area contributed by atoms with Crippen LogP contribution in [0.25, 0.3) is 0 Å². The number of allylic oxidation sites excluding steroid dienone is 1. The standard InChI is InChI=1S/C9H12O3/c1-3-12-9(11)7-4-5-8(10)6(7)2/h3-5H2,1-2H3. The van der Waals surface area contributed by atoms with Crippen LogP contribution in [0.1, 0.15) is 26.7 Å². The number of esters is 1. The lowest BCUT2D eigenvalue weighted by Crippen LogP contribution is -2.07. The highest BCUT2D eigenvalue weighted by Crippen LogP contribution is 2.23. The molecule has 0 N–H and O–H groups in total. The van der Waals surface area contributed by atoms with Crippen molar-refractivity contribution in [3.8, 4) is 0 Å². The predicted molar refractivity (Wildman–Crippen MR) is 43.6 cm³/mol. The Balaban J connectivity index is 2.75. The molecule has 1 rings (SSSR count). The summed E-state index contributed by atoms with van der Waals surface area (Å²) < 4.78 is 4.80. The molecule has 3 heteroatoms. The Morgan fingerprint density at radius 1 is 1.50 bits per heavy atom. The molecular formula is C9H12O3. The maximum absolute atomic E-state index is 11.2. The average molecular weight is 168 g/mol. The van der Waals surface area contributed by atoms with Crippen LogP contribution in [-0.4, -0.2) is 18.4 Å². The lowest BCUT2D eigenvalue weighted by molar-refractivity contribution is -0.138. The Labute approximate surface area is 71.4 Å². The molecule has 0 atom stereocenters. The van der Waals surface area contributed by atoms with E-state index in [-0.39, 0.29) is 11.8 Å². The molecule has 0 saturated heterocycles. The van der Waals surface area contributed by atoms with Crippen LogP contribution < -0.4 is 0 Å². The molecule has 0 amide bonds. The molecular weight excluding hydrogens is 156 g/mol. The van der Waals surface area contributed by atoms with Gasteiger partial charge < -0.3 is 4.74 Å². The van der Waals surface area contributed by atoms with Gasteiger partial charge in [-0.05, 0) is 20.3 Å². The van der Waals surface area contributed by atoms with Crippen LogP contribution in [0, 0.1) is 0 Å². The molecule has 0 fully saturated rings. The fourth-order valence-electron chi connectivity index (χ4n) is 1.26. The van der Waals surface area contributed by atoms with E-state index in [2.05, 4.69) is 0 Å². The predicted octanol–water partition coefficient (Wildman–Crippen LogP) is 1.23. The number of ether oxygens (including phenoxy) is 1. The summed E-state index contributed by atoms with van der Waals surface area (Å²) in [5.41, 5.74) is 1.13. The van der Waals surface area contributed by atoms with Gasteiger partial charge in [-0.25, -0.2) is 4.79 Å². The van der Waals surface area contributed by atoms with Gasteiger partial charge >= 0.3 is 5.97 Å². The van der Waals surface area contributed by atoms with Gasteiger partial charge in [0.1, 0.15) is 0 Å². The second-order valence-corrected chi connectivity index (χ2v) is 2.75. The zero-order chi connectivity index (χ0) is 9.14. The van der Waals surface area contributed by atoms with Crippen LogP contribution in [0.5, 0.6) is 0 Å². The molecule has 1 aliphatic carbocycles. The topological polar surface area (TPSA) is 43.4 Å². The lowest BCUT2D eigenvalue weighted by Gasteiger charge is -2.01. The molecule has 3 nitrogen and oxygen atoms in total. The second-order valence-electron chi connectivity index (χ2n) is 2.75. The van der Waals surface area contributed by atoms with Gasteiger partial charge in [0.05, 0.1) is 6.61 Å². The van der Waals surface area contributed by atoms with Crippen LogP contribution in [0.3, 0.4) is 0 Å². The van der Waals surface area contributed by atoms with Crippen LogP contribution in [-0.2, 0) is 14.3 Å². The Hall–Kier alpha value is -1.12. The number of rotatable bonds is 2. The van der Waals surface area contributed by atoms with E-state index in [9.17, 15) is 9.59 Å². The largest absolute Gasteiger partial charge is 0.463 e. The molecule has 0 radical (unpaired) electrons. The van der Waals surface area contributed by atoms with Crippen molar-refractivity contribution in [2.24, 2.45) is 0 Å². The third kappa shape index (κ3) is 1.55. The third-order valence-corrected chi connectivity index (χ3v) is 1.99. The van der Waals surface area contributed by atoms with E-state index in [1.807, 2.05) is 0 Å². The summed E-state index contributed by atoms with van der Waals surface area (Å²) in [6.07, 6.45) is 1.00. The zero-order valence-electron chi connectivity index (χ0n) is 7.35. The zero-order valence-corrected chi connectivity index (χ0v) is 7.35. The maximum atomic E-state index is 11.2. The third-order valence-electron chi connectivity index (χ3n) is 1.99. The molecule has 0 aromatic rings. The van der Waals surface area contributed by atoms with Crippen molar-refractivity contribution in [1.29, 1.82) is 0 Å². The van der Waals surface area contributed by atoms with Crippen molar-refractivity contribution in [3.63, 3.8) is 0 Å². The van der Waals surface area contributed by atoms with E-state index in [1.165, 1.54) is 0 Å². The summed E-state index contributed by atoms with van der Waals surface area (Å²) in [7, 11) is 0. The minimum atomic E-state index is -0.333. The van der Waals surface area contributed by atoms with Gasteiger partial charge in [-0.3, -0.25) is 4.79 Å². The van der Waals surface area contributed by atoms with Crippen LogP contribution in [0.2, 0.25) is 0 Å². The van der Waals surface area contributed by atoms with Crippen molar-refractivity contribution in [1.82, 2.24) is 0 Å². The number of ketones is 1. The van der Waals surface area contributed by atoms with E-state index in [0.717, 1.165) is 0 Å². The number of carbonyl (C=O) groups excluding carboxylic acids is 2. The van der Waals surface area contributed by atoms with Gasteiger partial charge in [-0.1, -0.05) is 0 Å². The monoisotopic (exact) mass is 168 g/mol. The molecule has 0 aliphatic heterocycles. The normalized spacial score (nSPS) is 17.0. The van der Waals surface area contributed by atoms with Crippen molar-refractivity contribution in [3.05, 3.63) is 11.1 Å². The summed E-state index contributed by atoms with van der Waals surface area (Å²) in [5.74, 6) is -0.265. The van der Waals surface area contributed by atoms with E-state index in [1.54, 1.807) is 13.8 Å². The van der Waals surface area contributed by atoms with E-state index in [4.69, 9.17) is 4.74 Å². The molecule has 0 unspecified atom stereocenters. The molecule has 0 aromatic carbocycles. The van der Waals surface area contributed by atoms with E-state index in [0.29, 0.717) is 30.6 Å². The van der Waals surface area contributed by atoms with Gasteiger partial charge in [0.2, 0.25) is 0 Å². The quantitative estimate of drug-likeness (QED) is 0.582. The molecule has 0 saturated carbocycles. The Morgan fingerprint density at radius 2 is 2.17 bits per heavy atom.